The number of ether oxygens (including phenoxy) is 1. The van der Waals surface area contributed by atoms with Gasteiger partial charge in [-0.2, -0.15) is 0 Å². The Morgan fingerprint density at radius 3 is 3.00 bits per heavy atom. The van der Waals surface area contributed by atoms with Gasteiger partial charge in [-0.05, 0) is 43.5 Å². The molecule has 1 amide bonds. The van der Waals surface area contributed by atoms with Gasteiger partial charge in [0.25, 0.3) is 11.5 Å². The summed E-state index contributed by atoms with van der Waals surface area (Å²) in [6.07, 6.45) is 5.19. The third-order valence-corrected chi connectivity index (χ3v) is 4.78. The van der Waals surface area contributed by atoms with Crippen LogP contribution in [-0.2, 0) is 17.8 Å². The first-order valence-corrected chi connectivity index (χ1v) is 9.21. The van der Waals surface area contributed by atoms with Gasteiger partial charge in [0.2, 0.25) is 5.76 Å². The van der Waals surface area contributed by atoms with Crippen molar-refractivity contribution in [2.24, 2.45) is 0 Å². The molecule has 4 rings (SSSR count). The van der Waals surface area contributed by atoms with E-state index in [9.17, 15) is 9.59 Å². The first-order valence-electron chi connectivity index (χ1n) is 9.21. The van der Waals surface area contributed by atoms with Gasteiger partial charge < -0.3 is 23.6 Å². The second-order valence-corrected chi connectivity index (χ2v) is 6.81. The van der Waals surface area contributed by atoms with Crippen molar-refractivity contribution >= 4 is 5.91 Å². The van der Waals surface area contributed by atoms with Crippen LogP contribution in [0.5, 0.6) is 0 Å². The lowest BCUT2D eigenvalue weighted by Crippen LogP contribution is -2.35. The number of hydrogen-bond donors (Lipinski definition) is 1. The summed E-state index contributed by atoms with van der Waals surface area (Å²) in [5.41, 5.74) is 0.982. The molecule has 3 aromatic rings. The highest BCUT2D eigenvalue weighted by Gasteiger charge is 2.20. The van der Waals surface area contributed by atoms with E-state index in [4.69, 9.17) is 13.7 Å². The fourth-order valence-corrected chi connectivity index (χ4v) is 3.28. The summed E-state index contributed by atoms with van der Waals surface area (Å²) in [6.45, 7) is 3.06. The molecule has 4 heterocycles. The van der Waals surface area contributed by atoms with E-state index in [1.54, 1.807) is 48.2 Å². The second kappa shape index (κ2) is 7.85. The first-order chi connectivity index (χ1) is 13.6. The van der Waals surface area contributed by atoms with Gasteiger partial charge in [0.1, 0.15) is 11.3 Å². The molecule has 1 N–H and O–H groups in total. The van der Waals surface area contributed by atoms with Gasteiger partial charge in [0.15, 0.2) is 5.76 Å². The molecule has 0 spiro atoms. The van der Waals surface area contributed by atoms with Crippen molar-refractivity contribution in [2.45, 2.75) is 39.0 Å². The van der Waals surface area contributed by atoms with Crippen LogP contribution >= 0.6 is 0 Å². The zero-order valence-corrected chi connectivity index (χ0v) is 15.5. The standard InChI is InChI=1S/C20H21N3O5/c1-13-6-7-23(12-15-4-2-8-26-15)20(25)18(13)19(24)21-11-14-10-17(28-22-14)16-5-3-9-27-16/h3,5-7,9-10,15H,2,4,8,11-12H2,1H3,(H,21,24). The summed E-state index contributed by atoms with van der Waals surface area (Å²) >= 11 is 0. The fourth-order valence-electron chi connectivity index (χ4n) is 3.28. The Balaban J connectivity index is 1.46. The molecule has 1 saturated heterocycles. The maximum absolute atomic E-state index is 12.8. The number of nitrogens with zero attached hydrogens (tertiary/aromatic N) is 2. The van der Waals surface area contributed by atoms with Crippen LogP contribution in [0.1, 0.15) is 34.5 Å². The highest BCUT2D eigenvalue weighted by molar-refractivity contribution is 5.95. The topological polar surface area (TPSA) is 99.5 Å². The van der Waals surface area contributed by atoms with Crippen molar-refractivity contribution in [1.29, 1.82) is 0 Å². The molecule has 1 atom stereocenters. The number of hydrogen-bond acceptors (Lipinski definition) is 6. The van der Waals surface area contributed by atoms with E-state index in [-0.39, 0.29) is 23.8 Å². The lowest BCUT2D eigenvalue weighted by molar-refractivity contribution is 0.0927. The van der Waals surface area contributed by atoms with Crippen LogP contribution in [-0.4, -0.2) is 28.3 Å². The Morgan fingerprint density at radius 2 is 2.25 bits per heavy atom. The van der Waals surface area contributed by atoms with Crippen LogP contribution in [0.15, 0.2) is 50.5 Å². The van der Waals surface area contributed by atoms with Crippen molar-refractivity contribution < 1.29 is 18.5 Å². The van der Waals surface area contributed by atoms with E-state index in [0.717, 1.165) is 19.4 Å². The predicted molar refractivity (Wildman–Crippen MR) is 99.8 cm³/mol. The van der Waals surface area contributed by atoms with Crippen molar-refractivity contribution in [1.82, 2.24) is 15.0 Å². The largest absolute Gasteiger partial charge is 0.461 e. The van der Waals surface area contributed by atoms with E-state index in [2.05, 4.69) is 10.5 Å². The van der Waals surface area contributed by atoms with E-state index in [1.165, 1.54) is 0 Å². The number of carbonyl (C=O) groups is 1. The number of aromatic nitrogens is 2. The van der Waals surface area contributed by atoms with Crippen LogP contribution in [0.4, 0.5) is 0 Å². The molecule has 8 nitrogen and oxygen atoms in total. The summed E-state index contributed by atoms with van der Waals surface area (Å²) in [6, 6.07) is 6.97. The van der Waals surface area contributed by atoms with Crippen molar-refractivity contribution in [3.05, 3.63) is 63.9 Å². The fraction of sp³-hybridized carbons (Fsp3) is 0.350. The minimum absolute atomic E-state index is 0.0199. The van der Waals surface area contributed by atoms with Gasteiger partial charge >= 0.3 is 0 Å². The van der Waals surface area contributed by atoms with Crippen LogP contribution in [0.2, 0.25) is 0 Å². The first kappa shape index (κ1) is 18.2. The van der Waals surface area contributed by atoms with Gasteiger partial charge in [-0.1, -0.05) is 5.16 Å². The summed E-state index contributed by atoms with van der Waals surface area (Å²) < 4.78 is 17.6. The molecular weight excluding hydrogens is 362 g/mol. The number of carbonyl (C=O) groups excluding carboxylic acids is 1. The number of aryl methyl sites for hydroxylation is 1. The molecule has 1 aliphatic heterocycles. The normalized spacial score (nSPS) is 16.4. The van der Waals surface area contributed by atoms with E-state index >= 15 is 0 Å². The maximum Gasteiger partial charge on any atom is 0.263 e. The lowest BCUT2D eigenvalue weighted by Gasteiger charge is -2.14. The minimum Gasteiger partial charge on any atom is -0.461 e. The van der Waals surface area contributed by atoms with Gasteiger partial charge in [-0.3, -0.25) is 9.59 Å². The number of furan rings is 1. The zero-order valence-electron chi connectivity index (χ0n) is 15.5. The van der Waals surface area contributed by atoms with E-state index in [0.29, 0.717) is 29.3 Å². The highest BCUT2D eigenvalue weighted by atomic mass is 16.5. The summed E-state index contributed by atoms with van der Waals surface area (Å²) in [4.78, 5) is 25.4. The molecule has 0 aliphatic carbocycles. The lowest BCUT2D eigenvalue weighted by atomic mass is 10.1. The molecule has 146 valence electrons. The van der Waals surface area contributed by atoms with Crippen LogP contribution in [0, 0.1) is 6.92 Å². The SMILES string of the molecule is Cc1ccn(CC2CCCO2)c(=O)c1C(=O)NCc1cc(-c2ccco2)on1. The third kappa shape index (κ3) is 3.77. The van der Waals surface area contributed by atoms with Crippen LogP contribution < -0.4 is 10.9 Å². The zero-order chi connectivity index (χ0) is 19.5. The van der Waals surface area contributed by atoms with Gasteiger partial charge in [-0.25, -0.2) is 0 Å². The summed E-state index contributed by atoms with van der Waals surface area (Å²) in [5, 5.41) is 6.66. The molecule has 1 aliphatic rings. The molecule has 3 aromatic heterocycles. The molecule has 0 saturated carbocycles. The van der Waals surface area contributed by atoms with Crippen molar-refractivity contribution in [2.75, 3.05) is 6.61 Å². The molecule has 0 aromatic carbocycles. The molecular formula is C20H21N3O5. The quantitative estimate of drug-likeness (QED) is 0.702. The highest BCUT2D eigenvalue weighted by Crippen LogP contribution is 2.20. The van der Waals surface area contributed by atoms with Gasteiger partial charge in [0.05, 0.1) is 25.5 Å². The Morgan fingerprint density at radius 1 is 1.36 bits per heavy atom. The third-order valence-electron chi connectivity index (χ3n) is 4.78. The summed E-state index contributed by atoms with van der Waals surface area (Å²) in [7, 11) is 0. The van der Waals surface area contributed by atoms with Gasteiger partial charge in [0, 0.05) is 18.9 Å². The van der Waals surface area contributed by atoms with Crippen molar-refractivity contribution in [3.8, 4) is 11.5 Å². The monoisotopic (exact) mass is 383 g/mol. The average Bonchev–Trinajstić information content (AvgIpc) is 3.45. The molecule has 1 unspecified atom stereocenters. The molecule has 8 heteroatoms. The molecule has 0 radical (unpaired) electrons. The second-order valence-electron chi connectivity index (χ2n) is 6.81. The van der Waals surface area contributed by atoms with Crippen molar-refractivity contribution in [3.63, 3.8) is 0 Å². The number of pyridine rings is 1. The van der Waals surface area contributed by atoms with Crippen LogP contribution in [0.25, 0.3) is 11.5 Å². The Bertz CT molecular complexity index is 1010. The Hall–Kier alpha value is -3.13. The molecule has 0 bridgehead atoms. The predicted octanol–water partition coefficient (Wildman–Crippen LogP) is 2.51. The minimum atomic E-state index is -0.438. The number of rotatable bonds is 6. The smallest absolute Gasteiger partial charge is 0.263 e. The summed E-state index contributed by atoms with van der Waals surface area (Å²) in [5.74, 6) is 0.594. The Kier molecular flexibility index (Phi) is 5.12. The van der Waals surface area contributed by atoms with Crippen LogP contribution in [0.3, 0.4) is 0 Å². The number of nitrogens with one attached hydrogen (secondary N) is 1. The van der Waals surface area contributed by atoms with E-state index < -0.39 is 5.91 Å². The number of amides is 1. The van der Waals surface area contributed by atoms with E-state index in [1.807, 2.05) is 0 Å². The molecule has 1 fully saturated rings. The molecule has 28 heavy (non-hydrogen) atoms. The average molecular weight is 383 g/mol. The Labute approximate surface area is 161 Å². The maximum atomic E-state index is 12.8. The van der Waals surface area contributed by atoms with Gasteiger partial charge in [-0.15, -0.1) is 0 Å².